The highest BCUT2D eigenvalue weighted by Crippen LogP contribution is 1.95. The van der Waals surface area contributed by atoms with Gasteiger partial charge in [0, 0.05) is 0 Å². The minimum Gasteiger partial charge on any atom is -0.301 e. The van der Waals surface area contributed by atoms with Crippen molar-refractivity contribution in [3.05, 3.63) is 0 Å². The van der Waals surface area contributed by atoms with Crippen molar-refractivity contribution in [2.75, 3.05) is 6.54 Å². The van der Waals surface area contributed by atoms with Crippen molar-refractivity contribution in [2.45, 2.75) is 73.0 Å². The van der Waals surface area contributed by atoms with Crippen molar-refractivity contribution in [3.63, 3.8) is 0 Å². The lowest BCUT2D eigenvalue weighted by Gasteiger charge is -2.38. The summed E-state index contributed by atoms with van der Waals surface area (Å²) < 4.78 is 0. The summed E-state index contributed by atoms with van der Waals surface area (Å²) in [6.45, 7) is 16.4. The van der Waals surface area contributed by atoms with Gasteiger partial charge in [0.1, 0.15) is 0 Å². The van der Waals surface area contributed by atoms with E-state index in [4.69, 9.17) is 0 Å². The van der Waals surface area contributed by atoms with Crippen molar-refractivity contribution in [1.29, 1.82) is 0 Å². The summed E-state index contributed by atoms with van der Waals surface area (Å²) in [6, 6.07) is 1.38. The van der Waals surface area contributed by atoms with Crippen molar-refractivity contribution < 1.29 is 0 Å². The molecule has 0 aliphatic carbocycles. The molecule has 0 aromatic rings. The first-order valence-electron chi connectivity index (χ1n) is 6.89. The molecular weight excluding hydrogens is 228 g/mol. The van der Waals surface area contributed by atoms with Crippen LogP contribution >= 0.6 is 0 Å². The first kappa shape index (κ1) is 17.1. The molecule has 0 fully saturated rings. The summed E-state index contributed by atoms with van der Waals surface area (Å²) in [5.74, 6) is 0. The Morgan fingerprint density at radius 3 is 1.35 bits per heavy atom. The van der Waals surface area contributed by atoms with E-state index >= 15 is 0 Å². The zero-order valence-electron chi connectivity index (χ0n) is 12.6. The number of hydrogen-bond donors (Lipinski definition) is 4. The van der Waals surface area contributed by atoms with Gasteiger partial charge < -0.3 is 4.98 Å². The van der Waals surface area contributed by atoms with E-state index in [9.17, 15) is 0 Å². The lowest BCUT2D eigenvalue weighted by Crippen LogP contribution is -2.83. The Morgan fingerprint density at radius 1 is 0.765 bits per heavy atom. The standard InChI is InChI=1S/C12H32N4Si/c1-8-9-13-17(14-10(2)3,15-11(4)5)16-12(6)7/h10-16H,8-9H2,1-7H3. The topological polar surface area (TPSA) is 48.1 Å². The van der Waals surface area contributed by atoms with Crippen LogP contribution < -0.4 is 19.9 Å². The van der Waals surface area contributed by atoms with Crippen LogP contribution in [0.3, 0.4) is 0 Å². The van der Waals surface area contributed by atoms with Crippen LogP contribution in [0.15, 0.2) is 0 Å². The third kappa shape index (κ3) is 7.89. The molecule has 17 heavy (non-hydrogen) atoms. The van der Waals surface area contributed by atoms with Gasteiger partial charge >= 0.3 is 8.72 Å². The van der Waals surface area contributed by atoms with Crippen molar-refractivity contribution in [1.82, 2.24) is 19.9 Å². The zero-order chi connectivity index (χ0) is 13.5. The summed E-state index contributed by atoms with van der Waals surface area (Å²) in [7, 11) is -2.01. The van der Waals surface area contributed by atoms with Gasteiger partial charge in [-0.15, -0.1) is 0 Å². The number of hydrogen-bond acceptors (Lipinski definition) is 4. The Hall–Kier alpha value is 0.0569. The minimum absolute atomic E-state index is 0.462. The van der Waals surface area contributed by atoms with Gasteiger partial charge in [0.25, 0.3) is 0 Å². The maximum atomic E-state index is 3.70. The van der Waals surface area contributed by atoms with Crippen molar-refractivity contribution in [3.8, 4) is 0 Å². The molecule has 0 radical (unpaired) electrons. The number of nitrogens with one attached hydrogen (secondary N) is 4. The van der Waals surface area contributed by atoms with E-state index in [1.807, 2.05) is 0 Å². The second-order valence-electron chi connectivity index (χ2n) is 5.57. The Kier molecular flexibility index (Phi) is 8.24. The summed E-state index contributed by atoms with van der Waals surface area (Å²) in [5, 5.41) is 0. The summed E-state index contributed by atoms with van der Waals surface area (Å²) in [4.78, 5) is 14.8. The zero-order valence-corrected chi connectivity index (χ0v) is 13.6. The maximum absolute atomic E-state index is 3.70. The normalized spacial score (nSPS) is 13.1. The van der Waals surface area contributed by atoms with Gasteiger partial charge in [0.15, 0.2) is 0 Å². The molecule has 0 rings (SSSR count). The van der Waals surface area contributed by atoms with Gasteiger partial charge in [-0.1, -0.05) is 48.5 Å². The van der Waals surface area contributed by atoms with Crippen LogP contribution in [0.1, 0.15) is 54.9 Å². The van der Waals surface area contributed by atoms with Gasteiger partial charge in [-0.05, 0) is 31.1 Å². The Morgan fingerprint density at radius 2 is 1.12 bits per heavy atom. The molecule has 4 nitrogen and oxygen atoms in total. The van der Waals surface area contributed by atoms with Gasteiger partial charge in [0.2, 0.25) is 0 Å². The summed E-state index contributed by atoms with van der Waals surface area (Å²) in [5.41, 5.74) is 0. The van der Waals surface area contributed by atoms with Crippen LogP contribution in [0.5, 0.6) is 0 Å². The van der Waals surface area contributed by atoms with E-state index in [1.165, 1.54) is 0 Å². The largest absolute Gasteiger partial charge is 0.366 e. The molecule has 0 saturated carbocycles. The van der Waals surface area contributed by atoms with E-state index in [0.29, 0.717) is 18.1 Å². The molecule has 0 aromatic carbocycles. The Balaban J connectivity index is 4.76. The molecular formula is C12H32N4Si. The summed E-state index contributed by atoms with van der Waals surface area (Å²) in [6.07, 6.45) is 1.15. The Bertz CT molecular complexity index is 168. The molecule has 0 spiro atoms. The fraction of sp³-hybridized carbons (Fsp3) is 1.00. The fourth-order valence-electron chi connectivity index (χ4n) is 1.89. The molecule has 4 N–H and O–H groups in total. The van der Waals surface area contributed by atoms with Gasteiger partial charge in [-0.2, -0.15) is 0 Å². The first-order chi connectivity index (χ1) is 7.81. The smallest absolute Gasteiger partial charge is 0.301 e. The molecule has 0 saturated heterocycles. The van der Waals surface area contributed by atoms with Crippen LogP contribution in [0.4, 0.5) is 0 Å². The summed E-state index contributed by atoms with van der Waals surface area (Å²) >= 11 is 0. The highest BCUT2D eigenvalue weighted by atomic mass is 28.4. The molecule has 0 bridgehead atoms. The van der Waals surface area contributed by atoms with E-state index in [0.717, 1.165) is 13.0 Å². The molecule has 0 aliphatic rings. The molecule has 0 atom stereocenters. The van der Waals surface area contributed by atoms with Crippen LogP contribution in [0.2, 0.25) is 0 Å². The van der Waals surface area contributed by atoms with Crippen LogP contribution in [-0.4, -0.2) is 33.4 Å². The minimum atomic E-state index is -2.01. The van der Waals surface area contributed by atoms with E-state index in [2.05, 4.69) is 68.4 Å². The predicted molar refractivity (Wildman–Crippen MR) is 78.9 cm³/mol. The SMILES string of the molecule is CCCN[Si](NC(C)C)(NC(C)C)NC(C)C. The van der Waals surface area contributed by atoms with Gasteiger partial charge in [-0.3, -0.25) is 14.9 Å². The van der Waals surface area contributed by atoms with Crippen LogP contribution in [0.25, 0.3) is 0 Å². The third-order valence-corrected chi connectivity index (χ3v) is 5.97. The molecule has 0 amide bonds. The predicted octanol–water partition coefficient (Wildman–Crippen LogP) is 1.42. The second-order valence-corrected chi connectivity index (χ2v) is 8.29. The lowest BCUT2D eigenvalue weighted by molar-refractivity contribution is 0.566. The van der Waals surface area contributed by atoms with E-state index < -0.39 is 8.72 Å². The maximum Gasteiger partial charge on any atom is 0.366 e. The highest BCUT2D eigenvalue weighted by Gasteiger charge is 2.36. The molecule has 104 valence electrons. The molecule has 0 heterocycles. The Labute approximate surface area is 109 Å². The van der Waals surface area contributed by atoms with Crippen molar-refractivity contribution >= 4 is 8.72 Å². The first-order valence-corrected chi connectivity index (χ1v) is 8.89. The molecule has 0 aromatic heterocycles. The number of rotatable bonds is 9. The fourth-order valence-corrected chi connectivity index (χ4v) is 5.67. The third-order valence-electron chi connectivity index (χ3n) is 2.16. The van der Waals surface area contributed by atoms with E-state index in [1.54, 1.807) is 0 Å². The lowest BCUT2D eigenvalue weighted by atomic mass is 10.4. The quantitative estimate of drug-likeness (QED) is 0.474. The molecule has 0 unspecified atom stereocenters. The average Bonchev–Trinajstić information content (AvgIpc) is 2.11. The highest BCUT2D eigenvalue weighted by molar-refractivity contribution is 6.70. The van der Waals surface area contributed by atoms with Gasteiger partial charge in [-0.25, -0.2) is 0 Å². The second kappa shape index (κ2) is 8.21. The van der Waals surface area contributed by atoms with Crippen molar-refractivity contribution in [2.24, 2.45) is 0 Å². The monoisotopic (exact) mass is 260 g/mol. The van der Waals surface area contributed by atoms with Crippen LogP contribution in [0, 0.1) is 0 Å². The van der Waals surface area contributed by atoms with Crippen LogP contribution in [-0.2, 0) is 0 Å². The molecule has 0 aliphatic heterocycles. The average molecular weight is 261 g/mol. The van der Waals surface area contributed by atoms with Gasteiger partial charge in [0.05, 0.1) is 0 Å². The van der Waals surface area contributed by atoms with E-state index in [-0.39, 0.29) is 0 Å². The molecule has 5 heteroatoms.